The third kappa shape index (κ3) is 5.67. The molecule has 0 N–H and O–H groups in total. The monoisotopic (exact) mass is 463 g/mol. The van der Waals surface area contributed by atoms with Crippen molar-refractivity contribution in [3.8, 4) is 11.5 Å². The Labute approximate surface area is 179 Å². The average molecular weight is 464 g/mol. The number of halogens is 1. The number of ether oxygens (including phenoxy) is 2. The van der Waals surface area contributed by atoms with Crippen molar-refractivity contribution in [2.45, 2.75) is 42.9 Å². The van der Waals surface area contributed by atoms with Crippen molar-refractivity contribution in [2.24, 2.45) is 0 Å². The highest BCUT2D eigenvalue weighted by Crippen LogP contribution is 2.30. The van der Waals surface area contributed by atoms with Gasteiger partial charge in [0.2, 0.25) is 5.91 Å². The van der Waals surface area contributed by atoms with Crippen LogP contribution in [0.5, 0.6) is 11.5 Å². The van der Waals surface area contributed by atoms with E-state index >= 15 is 0 Å². The highest BCUT2D eigenvalue weighted by molar-refractivity contribution is 9.10. The largest absolute Gasteiger partial charge is 0.490 e. The molecule has 1 heterocycles. The summed E-state index contributed by atoms with van der Waals surface area (Å²) in [5.74, 6) is 1.76. The predicted octanol–water partition coefficient (Wildman–Crippen LogP) is 5.40. The summed E-state index contributed by atoms with van der Waals surface area (Å²) < 4.78 is 12.8. The molecule has 2 aromatic carbocycles. The van der Waals surface area contributed by atoms with E-state index in [0.29, 0.717) is 6.61 Å². The molecule has 0 aliphatic carbocycles. The third-order valence-electron chi connectivity index (χ3n) is 4.67. The van der Waals surface area contributed by atoms with Crippen LogP contribution in [-0.2, 0) is 4.79 Å². The lowest BCUT2D eigenvalue weighted by Crippen LogP contribution is -2.44. The summed E-state index contributed by atoms with van der Waals surface area (Å²) in [6.07, 6.45) is 1.78. The molecular formula is C22H26BrNO3S. The van der Waals surface area contributed by atoms with Crippen LogP contribution in [0, 0.1) is 0 Å². The number of amides is 1. The molecule has 3 rings (SSSR count). The van der Waals surface area contributed by atoms with E-state index in [1.165, 1.54) is 0 Å². The minimum atomic E-state index is -0.0997. The van der Waals surface area contributed by atoms with E-state index in [1.807, 2.05) is 67.3 Å². The molecular weight excluding hydrogens is 438 g/mol. The van der Waals surface area contributed by atoms with Crippen LogP contribution in [0.2, 0.25) is 0 Å². The second-order valence-electron chi connectivity index (χ2n) is 6.74. The Morgan fingerprint density at radius 1 is 1.14 bits per heavy atom. The van der Waals surface area contributed by atoms with E-state index in [4.69, 9.17) is 9.47 Å². The molecule has 1 aliphatic rings. The number of carbonyl (C=O) groups excluding carboxylic acids is 1. The lowest BCUT2D eigenvalue weighted by atomic mass is 10.1. The molecule has 28 heavy (non-hydrogen) atoms. The van der Waals surface area contributed by atoms with Gasteiger partial charge in [-0.1, -0.05) is 28.1 Å². The van der Waals surface area contributed by atoms with Crippen molar-refractivity contribution < 1.29 is 14.3 Å². The highest BCUT2D eigenvalue weighted by Gasteiger charge is 2.27. The molecule has 1 saturated heterocycles. The Hall–Kier alpha value is -1.66. The summed E-state index contributed by atoms with van der Waals surface area (Å²) >= 11 is 5.05. The van der Waals surface area contributed by atoms with Gasteiger partial charge in [-0.25, -0.2) is 0 Å². The molecule has 4 nitrogen and oxygen atoms in total. The van der Waals surface area contributed by atoms with Crippen LogP contribution in [0.25, 0.3) is 0 Å². The summed E-state index contributed by atoms with van der Waals surface area (Å²) in [6, 6.07) is 15.9. The Morgan fingerprint density at radius 3 is 2.43 bits per heavy atom. The summed E-state index contributed by atoms with van der Waals surface area (Å²) in [6.45, 7) is 6.02. The standard InChI is InChI=1S/C22H26BrNO3S/c1-3-26-20-6-4-5-7-21(20)27-18-12-14-24(15-13-18)22(25)16(2)28-19-10-8-17(23)9-11-19/h4-11,16,18H,3,12-15H2,1-2H3. The van der Waals surface area contributed by atoms with Gasteiger partial charge in [-0.05, 0) is 50.2 Å². The minimum Gasteiger partial charge on any atom is -0.490 e. The van der Waals surface area contributed by atoms with Crippen LogP contribution in [-0.4, -0.2) is 41.9 Å². The minimum absolute atomic E-state index is 0.0997. The van der Waals surface area contributed by atoms with Gasteiger partial charge >= 0.3 is 0 Å². The maximum atomic E-state index is 12.8. The Kier molecular flexibility index (Phi) is 7.68. The van der Waals surface area contributed by atoms with E-state index in [0.717, 1.165) is 46.8 Å². The van der Waals surface area contributed by atoms with Gasteiger partial charge in [0, 0.05) is 35.3 Å². The highest BCUT2D eigenvalue weighted by atomic mass is 79.9. The number of para-hydroxylation sites is 2. The lowest BCUT2D eigenvalue weighted by Gasteiger charge is -2.33. The molecule has 0 radical (unpaired) electrons. The van der Waals surface area contributed by atoms with Crippen LogP contribution < -0.4 is 9.47 Å². The van der Waals surface area contributed by atoms with Crippen molar-refractivity contribution in [3.05, 3.63) is 53.0 Å². The van der Waals surface area contributed by atoms with Gasteiger partial charge in [0.25, 0.3) is 0 Å². The molecule has 0 spiro atoms. The van der Waals surface area contributed by atoms with Crippen LogP contribution in [0.4, 0.5) is 0 Å². The summed E-state index contributed by atoms with van der Waals surface area (Å²) in [4.78, 5) is 15.9. The van der Waals surface area contributed by atoms with E-state index in [-0.39, 0.29) is 17.3 Å². The molecule has 150 valence electrons. The van der Waals surface area contributed by atoms with Crippen LogP contribution in [0.1, 0.15) is 26.7 Å². The summed E-state index contributed by atoms with van der Waals surface area (Å²) in [5.41, 5.74) is 0. The number of carbonyl (C=O) groups is 1. The third-order valence-corrected chi connectivity index (χ3v) is 6.30. The van der Waals surface area contributed by atoms with Gasteiger partial charge in [0.1, 0.15) is 6.10 Å². The smallest absolute Gasteiger partial charge is 0.235 e. The van der Waals surface area contributed by atoms with Crippen LogP contribution >= 0.6 is 27.7 Å². The van der Waals surface area contributed by atoms with Crippen molar-refractivity contribution in [2.75, 3.05) is 19.7 Å². The van der Waals surface area contributed by atoms with Crippen molar-refractivity contribution in [3.63, 3.8) is 0 Å². The van der Waals surface area contributed by atoms with E-state index < -0.39 is 0 Å². The van der Waals surface area contributed by atoms with Gasteiger partial charge in [-0.2, -0.15) is 0 Å². The molecule has 0 bridgehead atoms. The summed E-state index contributed by atoms with van der Waals surface area (Å²) in [7, 11) is 0. The maximum Gasteiger partial charge on any atom is 0.235 e. The molecule has 1 unspecified atom stereocenters. The number of piperidine rings is 1. The number of hydrogen-bond acceptors (Lipinski definition) is 4. The second-order valence-corrected chi connectivity index (χ2v) is 9.07. The van der Waals surface area contributed by atoms with E-state index in [2.05, 4.69) is 15.9 Å². The predicted molar refractivity (Wildman–Crippen MR) is 117 cm³/mol. The first-order chi connectivity index (χ1) is 13.6. The summed E-state index contributed by atoms with van der Waals surface area (Å²) in [5, 5.41) is -0.0997. The number of benzene rings is 2. The number of likely N-dealkylation sites (tertiary alicyclic amines) is 1. The quantitative estimate of drug-likeness (QED) is 0.515. The van der Waals surface area contributed by atoms with E-state index in [9.17, 15) is 4.79 Å². The van der Waals surface area contributed by atoms with Crippen LogP contribution in [0.15, 0.2) is 57.9 Å². The van der Waals surface area contributed by atoms with Gasteiger partial charge in [0.15, 0.2) is 11.5 Å². The first kappa shape index (κ1) is 21.1. The zero-order valence-electron chi connectivity index (χ0n) is 16.3. The fourth-order valence-electron chi connectivity index (χ4n) is 3.22. The van der Waals surface area contributed by atoms with E-state index in [1.54, 1.807) is 11.8 Å². The SMILES string of the molecule is CCOc1ccccc1OC1CCN(C(=O)C(C)Sc2ccc(Br)cc2)CC1. The van der Waals surface area contributed by atoms with Gasteiger partial charge in [-0.15, -0.1) is 11.8 Å². The Balaban J connectivity index is 1.50. The zero-order chi connectivity index (χ0) is 19.9. The molecule has 0 aromatic heterocycles. The molecule has 2 aromatic rings. The Morgan fingerprint density at radius 2 is 1.79 bits per heavy atom. The fraction of sp³-hybridized carbons (Fsp3) is 0.409. The first-order valence-electron chi connectivity index (χ1n) is 9.66. The normalized spacial score (nSPS) is 15.9. The first-order valence-corrected chi connectivity index (χ1v) is 11.3. The van der Waals surface area contributed by atoms with Crippen LogP contribution in [0.3, 0.4) is 0 Å². The van der Waals surface area contributed by atoms with Gasteiger partial charge in [-0.3, -0.25) is 4.79 Å². The molecule has 1 amide bonds. The lowest BCUT2D eigenvalue weighted by molar-refractivity contribution is -0.132. The topological polar surface area (TPSA) is 38.8 Å². The second kappa shape index (κ2) is 10.2. The van der Waals surface area contributed by atoms with Gasteiger partial charge in [0.05, 0.1) is 11.9 Å². The van der Waals surface area contributed by atoms with Gasteiger partial charge < -0.3 is 14.4 Å². The van der Waals surface area contributed by atoms with Crippen molar-refractivity contribution in [1.82, 2.24) is 4.90 Å². The maximum absolute atomic E-state index is 12.8. The molecule has 1 fully saturated rings. The molecule has 6 heteroatoms. The fourth-order valence-corrected chi connectivity index (χ4v) is 4.44. The molecule has 1 aliphatic heterocycles. The zero-order valence-corrected chi connectivity index (χ0v) is 18.7. The number of nitrogens with zero attached hydrogens (tertiary/aromatic N) is 1. The molecule has 1 atom stereocenters. The number of rotatable bonds is 7. The number of thioether (sulfide) groups is 1. The van der Waals surface area contributed by atoms with Crippen molar-refractivity contribution >= 4 is 33.6 Å². The molecule has 0 saturated carbocycles. The number of hydrogen-bond donors (Lipinski definition) is 0. The average Bonchev–Trinajstić information content (AvgIpc) is 2.71. The van der Waals surface area contributed by atoms with Crippen molar-refractivity contribution in [1.29, 1.82) is 0 Å². The Bertz CT molecular complexity index is 776.